The number of rotatable bonds is 4. The number of nitrogens with two attached hydrogens (primary N) is 1. The van der Waals surface area contributed by atoms with E-state index in [9.17, 15) is 14.0 Å². The predicted molar refractivity (Wildman–Crippen MR) is 66.2 cm³/mol. The summed E-state index contributed by atoms with van der Waals surface area (Å²) in [6, 6.07) is 5.85. The fourth-order valence-electron chi connectivity index (χ4n) is 1.52. The maximum absolute atomic E-state index is 13.0. The highest BCUT2D eigenvalue weighted by atomic mass is 19.1. The zero-order valence-corrected chi connectivity index (χ0v) is 10.0. The maximum atomic E-state index is 13.0. The summed E-state index contributed by atoms with van der Waals surface area (Å²) in [5, 5.41) is 8.99. The Bertz CT molecular complexity index is 688. The molecule has 2 aromatic rings. The first kappa shape index (κ1) is 13.5. The molecular formula is C13H9FN2O4. The van der Waals surface area contributed by atoms with Crippen molar-refractivity contribution in [2.75, 3.05) is 0 Å². The van der Waals surface area contributed by atoms with Gasteiger partial charge in [-0.2, -0.15) is 0 Å². The summed E-state index contributed by atoms with van der Waals surface area (Å²) in [5.74, 6) is -3.14. The first-order chi connectivity index (χ1) is 9.49. The van der Waals surface area contributed by atoms with E-state index in [0.717, 1.165) is 18.2 Å². The van der Waals surface area contributed by atoms with Crippen LogP contribution in [0.5, 0.6) is 11.6 Å². The van der Waals surface area contributed by atoms with Crippen LogP contribution in [-0.2, 0) is 0 Å². The molecule has 1 aromatic heterocycles. The second-order valence-electron chi connectivity index (χ2n) is 3.77. The lowest BCUT2D eigenvalue weighted by Gasteiger charge is -2.10. The van der Waals surface area contributed by atoms with Crippen molar-refractivity contribution in [2.45, 2.75) is 0 Å². The molecule has 0 atom stereocenters. The zero-order chi connectivity index (χ0) is 14.7. The fourth-order valence-corrected chi connectivity index (χ4v) is 1.52. The Balaban J connectivity index is 2.45. The van der Waals surface area contributed by atoms with Crippen LogP contribution < -0.4 is 10.5 Å². The lowest BCUT2D eigenvalue weighted by molar-refractivity contribution is 0.0693. The molecule has 0 bridgehead atoms. The number of nitrogens with zero attached hydrogens (tertiary/aromatic N) is 1. The van der Waals surface area contributed by atoms with E-state index in [1.165, 1.54) is 18.3 Å². The number of primary amides is 1. The van der Waals surface area contributed by atoms with E-state index in [2.05, 4.69) is 4.98 Å². The fraction of sp³-hybridized carbons (Fsp3) is 0. The molecule has 0 unspecified atom stereocenters. The summed E-state index contributed by atoms with van der Waals surface area (Å²) >= 11 is 0. The molecule has 7 heteroatoms. The van der Waals surface area contributed by atoms with Crippen LogP contribution >= 0.6 is 0 Å². The summed E-state index contributed by atoms with van der Waals surface area (Å²) in [6.45, 7) is 0. The van der Waals surface area contributed by atoms with Crippen LogP contribution in [0.4, 0.5) is 4.39 Å². The highest BCUT2D eigenvalue weighted by Gasteiger charge is 2.17. The van der Waals surface area contributed by atoms with Gasteiger partial charge in [0.1, 0.15) is 22.7 Å². The van der Waals surface area contributed by atoms with E-state index in [0.29, 0.717) is 0 Å². The molecule has 1 aromatic carbocycles. The highest BCUT2D eigenvalue weighted by molar-refractivity contribution is 5.95. The molecule has 0 aliphatic rings. The number of carbonyl (C=O) groups is 2. The first-order valence-corrected chi connectivity index (χ1v) is 5.44. The van der Waals surface area contributed by atoms with Gasteiger partial charge in [0.15, 0.2) is 0 Å². The van der Waals surface area contributed by atoms with E-state index in [1.54, 1.807) is 0 Å². The number of aromatic carboxylic acids is 1. The summed E-state index contributed by atoms with van der Waals surface area (Å²) < 4.78 is 18.3. The smallest absolute Gasteiger partial charge is 0.339 e. The van der Waals surface area contributed by atoms with Gasteiger partial charge < -0.3 is 15.6 Å². The van der Waals surface area contributed by atoms with Crippen molar-refractivity contribution in [3.8, 4) is 11.6 Å². The largest absolute Gasteiger partial charge is 0.478 e. The normalized spacial score (nSPS) is 10.1. The Labute approximate surface area is 112 Å². The number of hydrogen-bond acceptors (Lipinski definition) is 4. The van der Waals surface area contributed by atoms with Crippen LogP contribution in [0.25, 0.3) is 0 Å². The summed E-state index contributed by atoms with van der Waals surface area (Å²) in [4.78, 5) is 26.0. The third-order valence-electron chi connectivity index (χ3n) is 2.42. The van der Waals surface area contributed by atoms with Crippen molar-refractivity contribution in [3.05, 3.63) is 53.5 Å². The predicted octanol–water partition coefficient (Wildman–Crippen LogP) is 1.81. The minimum absolute atomic E-state index is 0.00633. The number of carbonyl (C=O) groups excluding carboxylic acids is 1. The number of amides is 1. The molecule has 0 radical (unpaired) electrons. The number of carboxylic acids is 1. The van der Waals surface area contributed by atoms with Gasteiger partial charge in [0.05, 0.1) is 0 Å². The molecule has 0 aliphatic heterocycles. The molecule has 1 heterocycles. The molecule has 6 nitrogen and oxygen atoms in total. The van der Waals surface area contributed by atoms with E-state index in [-0.39, 0.29) is 22.8 Å². The van der Waals surface area contributed by atoms with Crippen LogP contribution in [-0.4, -0.2) is 22.0 Å². The standard InChI is InChI=1S/C13H9FN2O4/c14-7-3-4-10(9(6-7)13(18)19)20-12-8(11(15)17)2-1-5-16-12/h1-6H,(H2,15,17)(H,18,19). The summed E-state index contributed by atoms with van der Waals surface area (Å²) in [7, 11) is 0. The van der Waals surface area contributed by atoms with Crippen LogP contribution in [0.3, 0.4) is 0 Å². The van der Waals surface area contributed by atoms with Gasteiger partial charge in [0.25, 0.3) is 5.91 Å². The Morgan fingerprint density at radius 3 is 2.65 bits per heavy atom. The number of benzene rings is 1. The molecule has 0 saturated carbocycles. The average molecular weight is 276 g/mol. The van der Waals surface area contributed by atoms with Crippen molar-refractivity contribution in [2.24, 2.45) is 5.73 Å². The molecule has 102 valence electrons. The van der Waals surface area contributed by atoms with Crippen LogP contribution in [0.15, 0.2) is 36.5 Å². The van der Waals surface area contributed by atoms with E-state index in [1.807, 2.05) is 0 Å². The second-order valence-corrected chi connectivity index (χ2v) is 3.77. The minimum Gasteiger partial charge on any atom is -0.478 e. The quantitative estimate of drug-likeness (QED) is 0.886. The molecule has 0 saturated heterocycles. The number of halogens is 1. The Kier molecular flexibility index (Phi) is 3.60. The molecule has 1 amide bonds. The van der Waals surface area contributed by atoms with Crippen LogP contribution in [0.2, 0.25) is 0 Å². The van der Waals surface area contributed by atoms with Crippen molar-refractivity contribution in [3.63, 3.8) is 0 Å². The number of carboxylic acid groups (broad SMARTS) is 1. The van der Waals surface area contributed by atoms with Gasteiger partial charge >= 0.3 is 5.97 Å². The number of hydrogen-bond donors (Lipinski definition) is 2. The number of pyridine rings is 1. The van der Waals surface area contributed by atoms with E-state index < -0.39 is 17.7 Å². The lowest BCUT2D eigenvalue weighted by Crippen LogP contribution is -2.13. The van der Waals surface area contributed by atoms with Gasteiger partial charge in [0, 0.05) is 6.20 Å². The molecule has 0 spiro atoms. The van der Waals surface area contributed by atoms with Crippen LogP contribution in [0, 0.1) is 5.82 Å². The van der Waals surface area contributed by atoms with Crippen LogP contribution in [0.1, 0.15) is 20.7 Å². The maximum Gasteiger partial charge on any atom is 0.339 e. The molecule has 0 fully saturated rings. The van der Waals surface area contributed by atoms with Gasteiger partial charge in [-0.3, -0.25) is 4.79 Å². The lowest BCUT2D eigenvalue weighted by atomic mass is 10.2. The monoisotopic (exact) mass is 276 g/mol. The number of ether oxygens (including phenoxy) is 1. The van der Waals surface area contributed by atoms with E-state index in [4.69, 9.17) is 15.6 Å². The molecule has 2 rings (SSSR count). The Hall–Kier alpha value is -2.96. The van der Waals surface area contributed by atoms with Gasteiger partial charge in [-0.1, -0.05) is 0 Å². The molecule has 0 aliphatic carbocycles. The zero-order valence-electron chi connectivity index (χ0n) is 10.0. The molecule has 20 heavy (non-hydrogen) atoms. The van der Waals surface area contributed by atoms with E-state index >= 15 is 0 Å². The van der Waals surface area contributed by atoms with Gasteiger partial charge in [-0.15, -0.1) is 0 Å². The highest BCUT2D eigenvalue weighted by Crippen LogP contribution is 2.27. The second kappa shape index (κ2) is 5.35. The molecular weight excluding hydrogens is 267 g/mol. The third kappa shape index (κ3) is 2.72. The Morgan fingerprint density at radius 1 is 1.25 bits per heavy atom. The van der Waals surface area contributed by atoms with Gasteiger partial charge in [-0.05, 0) is 30.3 Å². The summed E-state index contributed by atoms with van der Waals surface area (Å²) in [6.07, 6.45) is 1.35. The number of aromatic nitrogens is 1. The SMILES string of the molecule is NC(=O)c1cccnc1Oc1ccc(F)cc1C(=O)O. The van der Waals surface area contributed by atoms with Crippen molar-refractivity contribution in [1.82, 2.24) is 4.98 Å². The van der Waals surface area contributed by atoms with Gasteiger partial charge in [-0.25, -0.2) is 14.2 Å². The minimum atomic E-state index is -1.36. The average Bonchev–Trinajstić information content (AvgIpc) is 2.41. The topological polar surface area (TPSA) is 103 Å². The summed E-state index contributed by atoms with van der Waals surface area (Å²) in [5.41, 5.74) is 4.77. The van der Waals surface area contributed by atoms with Gasteiger partial charge in [0.2, 0.25) is 5.88 Å². The first-order valence-electron chi connectivity index (χ1n) is 5.44. The van der Waals surface area contributed by atoms with Crippen molar-refractivity contribution >= 4 is 11.9 Å². The molecule has 3 N–H and O–H groups in total. The Morgan fingerprint density at radius 2 is 2.00 bits per heavy atom. The van der Waals surface area contributed by atoms with Crippen molar-refractivity contribution in [1.29, 1.82) is 0 Å². The third-order valence-corrected chi connectivity index (χ3v) is 2.42. The van der Waals surface area contributed by atoms with Crippen molar-refractivity contribution < 1.29 is 23.8 Å².